The van der Waals surface area contributed by atoms with Crippen LogP contribution in [0.25, 0.3) is 0 Å². The molecule has 90 valence electrons. The minimum Gasteiger partial charge on any atom is -0.395 e. The maximum atomic E-state index is 10.2. The molecule has 1 rings (SSSR count). The van der Waals surface area contributed by atoms with Crippen LogP contribution in [0, 0.1) is 0 Å². The molecular weight excluding hydrogens is 202 g/mol. The van der Waals surface area contributed by atoms with Crippen molar-refractivity contribution in [3.05, 3.63) is 35.9 Å². The smallest absolute Gasteiger partial charge is 0.0942 e. The molecule has 3 atom stereocenters. The second kappa shape index (κ2) is 6.63. The van der Waals surface area contributed by atoms with Crippen LogP contribution in [0.5, 0.6) is 0 Å². The summed E-state index contributed by atoms with van der Waals surface area (Å²) >= 11 is 0. The maximum Gasteiger partial charge on any atom is 0.0942 e. The van der Waals surface area contributed by atoms with Gasteiger partial charge < -0.3 is 15.5 Å². The monoisotopic (exact) mass is 223 g/mol. The van der Waals surface area contributed by atoms with E-state index in [-0.39, 0.29) is 18.7 Å². The molecule has 1 unspecified atom stereocenters. The maximum absolute atomic E-state index is 10.2. The number of benzene rings is 1. The van der Waals surface area contributed by atoms with Crippen molar-refractivity contribution < 1.29 is 10.2 Å². The van der Waals surface area contributed by atoms with Gasteiger partial charge in [-0.1, -0.05) is 37.3 Å². The zero-order valence-electron chi connectivity index (χ0n) is 9.93. The van der Waals surface area contributed by atoms with Gasteiger partial charge in [0, 0.05) is 12.1 Å². The molecule has 0 bridgehead atoms. The molecule has 0 amide bonds. The van der Waals surface area contributed by atoms with E-state index in [0.29, 0.717) is 0 Å². The normalized spacial score (nSPS) is 16.8. The van der Waals surface area contributed by atoms with Crippen LogP contribution in [-0.4, -0.2) is 28.9 Å². The molecule has 0 spiro atoms. The summed E-state index contributed by atoms with van der Waals surface area (Å²) in [5.41, 5.74) is 0.909. The second-order valence-corrected chi connectivity index (χ2v) is 4.12. The van der Waals surface area contributed by atoms with E-state index in [9.17, 15) is 5.11 Å². The minimum absolute atomic E-state index is 0.00307. The molecule has 0 radical (unpaired) electrons. The summed E-state index contributed by atoms with van der Waals surface area (Å²) in [4.78, 5) is 0. The summed E-state index contributed by atoms with van der Waals surface area (Å²) in [6, 6.07) is 9.58. The molecule has 3 heteroatoms. The van der Waals surface area contributed by atoms with E-state index in [1.165, 1.54) is 0 Å². The van der Waals surface area contributed by atoms with Crippen molar-refractivity contribution in [2.24, 2.45) is 0 Å². The number of hydrogen-bond acceptors (Lipinski definition) is 3. The fourth-order valence-electron chi connectivity index (χ4n) is 1.73. The van der Waals surface area contributed by atoms with Crippen LogP contribution in [0.4, 0.5) is 0 Å². The van der Waals surface area contributed by atoms with Crippen molar-refractivity contribution >= 4 is 0 Å². The number of rotatable bonds is 6. The lowest BCUT2D eigenvalue weighted by Crippen LogP contribution is -2.41. The van der Waals surface area contributed by atoms with Gasteiger partial charge in [-0.2, -0.15) is 0 Å². The Hall–Kier alpha value is -0.900. The number of hydrogen-bond donors (Lipinski definition) is 3. The fourth-order valence-corrected chi connectivity index (χ4v) is 1.73. The first-order valence-corrected chi connectivity index (χ1v) is 5.79. The Morgan fingerprint density at radius 2 is 1.88 bits per heavy atom. The minimum atomic E-state index is -0.528. The van der Waals surface area contributed by atoms with Crippen molar-refractivity contribution in [1.82, 2.24) is 5.32 Å². The SMILES string of the molecule is CC[C@H](N[C@H](C)CO)C(O)c1ccccc1. The van der Waals surface area contributed by atoms with Crippen LogP contribution in [0.2, 0.25) is 0 Å². The molecule has 0 aliphatic rings. The highest BCUT2D eigenvalue weighted by Crippen LogP contribution is 2.18. The first kappa shape index (κ1) is 13.2. The van der Waals surface area contributed by atoms with Crippen LogP contribution in [0.15, 0.2) is 30.3 Å². The van der Waals surface area contributed by atoms with Crippen LogP contribution >= 0.6 is 0 Å². The first-order valence-electron chi connectivity index (χ1n) is 5.79. The van der Waals surface area contributed by atoms with Gasteiger partial charge in [0.15, 0.2) is 0 Å². The third kappa shape index (κ3) is 3.59. The molecule has 1 aromatic carbocycles. The molecule has 0 aliphatic heterocycles. The first-order chi connectivity index (χ1) is 7.69. The predicted octanol–water partition coefficient (Wildman–Crippen LogP) is 1.47. The lowest BCUT2D eigenvalue weighted by Gasteiger charge is -2.26. The van der Waals surface area contributed by atoms with Crippen molar-refractivity contribution in [1.29, 1.82) is 0 Å². The quantitative estimate of drug-likeness (QED) is 0.684. The Kier molecular flexibility index (Phi) is 5.46. The Bertz CT molecular complexity index is 289. The summed E-state index contributed by atoms with van der Waals surface area (Å²) in [6.07, 6.45) is 0.292. The Balaban J connectivity index is 2.66. The third-order valence-electron chi connectivity index (χ3n) is 2.73. The van der Waals surface area contributed by atoms with Crippen molar-refractivity contribution in [2.75, 3.05) is 6.61 Å². The van der Waals surface area contributed by atoms with E-state index in [1.807, 2.05) is 44.2 Å². The van der Waals surface area contributed by atoms with Crippen molar-refractivity contribution in [3.8, 4) is 0 Å². The second-order valence-electron chi connectivity index (χ2n) is 4.12. The lowest BCUT2D eigenvalue weighted by atomic mass is 10.00. The standard InChI is InChI=1S/C13H21NO2/c1-3-12(14-10(2)9-15)13(16)11-7-5-4-6-8-11/h4-8,10,12-16H,3,9H2,1-2H3/t10-,12+,13?/m1/s1. The molecule has 0 aliphatic carbocycles. The van der Waals surface area contributed by atoms with Gasteiger partial charge in [-0.3, -0.25) is 0 Å². The highest BCUT2D eigenvalue weighted by molar-refractivity contribution is 5.18. The molecule has 0 saturated heterocycles. The molecule has 3 N–H and O–H groups in total. The van der Waals surface area contributed by atoms with Gasteiger partial charge in [-0.05, 0) is 18.9 Å². The summed E-state index contributed by atoms with van der Waals surface area (Å²) in [7, 11) is 0. The van der Waals surface area contributed by atoms with Crippen LogP contribution in [0.1, 0.15) is 31.9 Å². The Morgan fingerprint density at radius 1 is 1.25 bits per heavy atom. The van der Waals surface area contributed by atoms with Gasteiger partial charge in [0.2, 0.25) is 0 Å². The van der Waals surface area contributed by atoms with E-state index < -0.39 is 6.10 Å². The van der Waals surface area contributed by atoms with Gasteiger partial charge in [0.25, 0.3) is 0 Å². The van der Waals surface area contributed by atoms with E-state index in [0.717, 1.165) is 12.0 Å². The average molecular weight is 223 g/mol. The Morgan fingerprint density at radius 3 is 2.38 bits per heavy atom. The van der Waals surface area contributed by atoms with Crippen LogP contribution < -0.4 is 5.32 Å². The molecule has 3 nitrogen and oxygen atoms in total. The number of aliphatic hydroxyl groups excluding tert-OH is 2. The molecule has 0 saturated carbocycles. The molecule has 16 heavy (non-hydrogen) atoms. The van der Waals surface area contributed by atoms with Crippen molar-refractivity contribution in [2.45, 2.75) is 38.5 Å². The van der Waals surface area contributed by atoms with Crippen LogP contribution in [-0.2, 0) is 0 Å². The highest BCUT2D eigenvalue weighted by atomic mass is 16.3. The van der Waals surface area contributed by atoms with E-state index in [2.05, 4.69) is 5.32 Å². The van der Waals surface area contributed by atoms with E-state index in [1.54, 1.807) is 0 Å². The van der Waals surface area contributed by atoms with Gasteiger partial charge in [0.05, 0.1) is 12.7 Å². The van der Waals surface area contributed by atoms with Gasteiger partial charge in [-0.25, -0.2) is 0 Å². The van der Waals surface area contributed by atoms with Crippen molar-refractivity contribution in [3.63, 3.8) is 0 Å². The molecule has 0 fully saturated rings. The summed E-state index contributed by atoms with van der Waals surface area (Å²) < 4.78 is 0. The van der Waals surface area contributed by atoms with Gasteiger partial charge >= 0.3 is 0 Å². The number of nitrogens with one attached hydrogen (secondary N) is 1. The summed E-state index contributed by atoms with van der Waals surface area (Å²) in [5, 5.41) is 22.4. The lowest BCUT2D eigenvalue weighted by molar-refractivity contribution is 0.112. The molecular formula is C13H21NO2. The average Bonchev–Trinajstić information content (AvgIpc) is 2.35. The largest absolute Gasteiger partial charge is 0.395 e. The zero-order chi connectivity index (χ0) is 12.0. The molecule has 0 heterocycles. The summed E-state index contributed by atoms with van der Waals surface area (Å²) in [5.74, 6) is 0. The predicted molar refractivity (Wildman–Crippen MR) is 65.2 cm³/mol. The van der Waals surface area contributed by atoms with E-state index in [4.69, 9.17) is 5.11 Å². The topological polar surface area (TPSA) is 52.5 Å². The summed E-state index contributed by atoms with van der Waals surface area (Å²) in [6.45, 7) is 4.01. The molecule has 0 aromatic heterocycles. The van der Waals surface area contributed by atoms with Gasteiger partial charge in [0.1, 0.15) is 0 Å². The zero-order valence-corrected chi connectivity index (χ0v) is 9.93. The third-order valence-corrected chi connectivity index (χ3v) is 2.73. The highest BCUT2D eigenvalue weighted by Gasteiger charge is 2.20. The molecule has 1 aromatic rings. The van der Waals surface area contributed by atoms with Gasteiger partial charge in [-0.15, -0.1) is 0 Å². The Labute approximate surface area is 97.1 Å². The van der Waals surface area contributed by atoms with E-state index >= 15 is 0 Å². The van der Waals surface area contributed by atoms with Crippen LogP contribution in [0.3, 0.4) is 0 Å². The fraction of sp³-hybridized carbons (Fsp3) is 0.538. The number of aliphatic hydroxyl groups is 2.